The summed E-state index contributed by atoms with van der Waals surface area (Å²) in [7, 11) is -3.18. The molecule has 0 aromatic carbocycles. The summed E-state index contributed by atoms with van der Waals surface area (Å²) >= 11 is 0. The molecule has 1 saturated heterocycles. The summed E-state index contributed by atoms with van der Waals surface area (Å²) in [6.07, 6.45) is -3.80. The maximum atomic E-state index is 12.6. The van der Waals surface area contributed by atoms with Gasteiger partial charge in [-0.15, -0.1) is 0 Å². The van der Waals surface area contributed by atoms with Crippen LogP contribution in [0.25, 0.3) is 0 Å². The number of sulfone groups is 1. The van der Waals surface area contributed by atoms with Gasteiger partial charge in [-0.3, -0.25) is 9.59 Å². The van der Waals surface area contributed by atoms with Crippen LogP contribution >= 0.6 is 0 Å². The molecule has 2 rings (SSSR count). The first-order chi connectivity index (χ1) is 10.1. The maximum Gasteiger partial charge on any atom is 0.417 e. The molecule has 1 atom stereocenters. The summed E-state index contributed by atoms with van der Waals surface area (Å²) in [6.45, 7) is -0.598. The van der Waals surface area contributed by atoms with Crippen LogP contribution in [0.15, 0.2) is 23.1 Å². The molecular weight excluding hydrogens is 325 g/mol. The summed E-state index contributed by atoms with van der Waals surface area (Å²) in [5.74, 6) is -0.943. The number of nitrogens with zero attached hydrogens (tertiary/aromatic N) is 1. The third-order valence-corrected chi connectivity index (χ3v) is 4.99. The summed E-state index contributed by atoms with van der Waals surface area (Å²) in [5.41, 5.74) is -1.79. The molecule has 0 spiro atoms. The molecule has 0 radical (unpaired) electrons. The second-order valence-corrected chi connectivity index (χ2v) is 7.28. The first kappa shape index (κ1) is 16.5. The molecule has 1 aliphatic heterocycles. The highest BCUT2D eigenvalue weighted by molar-refractivity contribution is 7.91. The van der Waals surface area contributed by atoms with Crippen molar-refractivity contribution in [2.45, 2.75) is 25.2 Å². The lowest BCUT2D eigenvalue weighted by atomic mass is 10.2. The average molecular weight is 338 g/mol. The third kappa shape index (κ3) is 4.09. The van der Waals surface area contributed by atoms with Gasteiger partial charge in [-0.25, -0.2) is 8.42 Å². The van der Waals surface area contributed by atoms with E-state index in [0.717, 1.165) is 6.07 Å². The van der Waals surface area contributed by atoms with E-state index >= 15 is 0 Å². The highest BCUT2D eigenvalue weighted by Gasteiger charge is 2.32. The van der Waals surface area contributed by atoms with Crippen LogP contribution in [0.1, 0.15) is 12.0 Å². The average Bonchev–Trinajstić information content (AvgIpc) is 2.70. The highest BCUT2D eigenvalue weighted by atomic mass is 32.2. The number of pyridine rings is 1. The normalized spacial score (nSPS) is 20.8. The van der Waals surface area contributed by atoms with Gasteiger partial charge in [-0.05, 0) is 12.5 Å². The molecule has 1 aliphatic rings. The minimum absolute atomic E-state index is 0.0402. The van der Waals surface area contributed by atoms with E-state index in [-0.39, 0.29) is 17.9 Å². The van der Waals surface area contributed by atoms with E-state index in [0.29, 0.717) is 16.8 Å². The molecule has 22 heavy (non-hydrogen) atoms. The zero-order valence-electron chi connectivity index (χ0n) is 11.3. The van der Waals surface area contributed by atoms with Gasteiger partial charge in [0.15, 0.2) is 9.84 Å². The molecule has 0 saturated carbocycles. The Balaban J connectivity index is 2.07. The lowest BCUT2D eigenvalue weighted by molar-refractivity contribution is -0.138. The maximum absolute atomic E-state index is 12.6. The molecule has 1 aromatic rings. The molecule has 1 fully saturated rings. The zero-order chi connectivity index (χ0) is 16.5. The SMILES string of the molecule is O=C(Cn1cc(C(F)(F)F)ccc1=O)N[C@@H]1CCS(=O)(=O)C1. The van der Waals surface area contributed by atoms with Crippen molar-refractivity contribution in [2.24, 2.45) is 0 Å². The molecule has 0 unspecified atom stereocenters. The van der Waals surface area contributed by atoms with Crippen LogP contribution in [0.4, 0.5) is 13.2 Å². The van der Waals surface area contributed by atoms with Crippen LogP contribution in [-0.2, 0) is 27.4 Å². The van der Waals surface area contributed by atoms with Gasteiger partial charge < -0.3 is 9.88 Å². The first-order valence-corrected chi connectivity index (χ1v) is 8.16. The lowest BCUT2D eigenvalue weighted by Gasteiger charge is -2.13. The van der Waals surface area contributed by atoms with Crippen LogP contribution < -0.4 is 10.9 Å². The fraction of sp³-hybridized carbons (Fsp3) is 0.500. The minimum atomic E-state index is -4.62. The lowest BCUT2D eigenvalue weighted by Crippen LogP contribution is -2.39. The van der Waals surface area contributed by atoms with Crippen LogP contribution in [0.3, 0.4) is 0 Å². The van der Waals surface area contributed by atoms with Gasteiger partial charge in [0.05, 0.1) is 17.1 Å². The molecular formula is C12H13F3N2O4S. The van der Waals surface area contributed by atoms with Gasteiger partial charge in [0.1, 0.15) is 6.54 Å². The van der Waals surface area contributed by atoms with Crippen LogP contribution in [0.2, 0.25) is 0 Å². The van der Waals surface area contributed by atoms with Crippen molar-refractivity contribution in [3.05, 3.63) is 34.2 Å². The van der Waals surface area contributed by atoms with E-state index in [9.17, 15) is 31.2 Å². The van der Waals surface area contributed by atoms with Gasteiger partial charge >= 0.3 is 6.18 Å². The second kappa shape index (κ2) is 5.75. The fourth-order valence-corrected chi connectivity index (χ4v) is 3.83. The van der Waals surface area contributed by atoms with E-state index < -0.39 is 45.6 Å². The summed E-state index contributed by atoms with van der Waals surface area (Å²) in [6, 6.07) is 0.801. The number of hydrogen-bond donors (Lipinski definition) is 1. The Morgan fingerprint density at radius 3 is 2.59 bits per heavy atom. The van der Waals surface area contributed by atoms with Crippen molar-refractivity contribution in [3.8, 4) is 0 Å². The van der Waals surface area contributed by atoms with Crippen LogP contribution in [0.5, 0.6) is 0 Å². The second-order valence-electron chi connectivity index (χ2n) is 5.05. The highest BCUT2D eigenvalue weighted by Crippen LogP contribution is 2.27. The van der Waals surface area contributed by atoms with Crippen molar-refractivity contribution in [3.63, 3.8) is 0 Å². The van der Waals surface area contributed by atoms with E-state index in [1.807, 2.05) is 0 Å². The molecule has 0 aliphatic carbocycles. The van der Waals surface area contributed by atoms with Crippen molar-refractivity contribution in [2.75, 3.05) is 11.5 Å². The summed E-state index contributed by atoms with van der Waals surface area (Å²) in [4.78, 5) is 23.2. The zero-order valence-corrected chi connectivity index (χ0v) is 12.1. The Morgan fingerprint density at radius 2 is 2.05 bits per heavy atom. The molecule has 1 aromatic heterocycles. The number of amides is 1. The Hall–Kier alpha value is -1.84. The Kier molecular flexibility index (Phi) is 4.32. The number of carbonyl (C=O) groups excluding carboxylic acids is 1. The molecule has 6 nitrogen and oxygen atoms in total. The minimum Gasteiger partial charge on any atom is -0.351 e. The first-order valence-electron chi connectivity index (χ1n) is 6.34. The van der Waals surface area contributed by atoms with Crippen molar-refractivity contribution >= 4 is 15.7 Å². The number of rotatable bonds is 3. The predicted molar refractivity (Wildman–Crippen MR) is 70.9 cm³/mol. The monoisotopic (exact) mass is 338 g/mol. The fourth-order valence-electron chi connectivity index (χ4n) is 2.16. The van der Waals surface area contributed by atoms with Gasteiger partial charge in [-0.2, -0.15) is 13.2 Å². The number of alkyl halides is 3. The Labute approximate surface area is 123 Å². The largest absolute Gasteiger partial charge is 0.417 e. The molecule has 0 bridgehead atoms. The van der Waals surface area contributed by atoms with E-state index in [2.05, 4.69) is 5.32 Å². The molecule has 1 amide bonds. The molecule has 2 heterocycles. The Bertz CT molecular complexity index is 739. The topological polar surface area (TPSA) is 85.2 Å². The number of halogens is 3. The Morgan fingerprint density at radius 1 is 1.36 bits per heavy atom. The number of aromatic nitrogens is 1. The quantitative estimate of drug-likeness (QED) is 0.851. The number of nitrogens with one attached hydrogen (secondary N) is 1. The van der Waals surface area contributed by atoms with Crippen LogP contribution in [-0.4, -0.2) is 36.4 Å². The summed E-state index contributed by atoms with van der Waals surface area (Å²) < 4.78 is 60.9. The van der Waals surface area contributed by atoms with Gasteiger partial charge in [0.25, 0.3) is 5.56 Å². The number of hydrogen-bond acceptors (Lipinski definition) is 4. The smallest absolute Gasteiger partial charge is 0.351 e. The predicted octanol–water partition coefficient (Wildman–Crippen LogP) is 0.170. The van der Waals surface area contributed by atoms with E-state index in [1.54, 1.807) is 0 Å². The van der Waals surface area contributed by atoms with Crippen molar-refractivity contribution in [1.29, 1.82) is 0 Å². The molecule has 1 N–H and O–H groups in total. The standard InChI is InChI=1S/C12H13F3N2O4S/c13-12(14,15)8-1-2-11(19)17(5-8)6-10(18)16-9-3-4-22(20,21)7-9/h1-2,5,9H,3-4,6-7H2,(H,16,18)/t9-/m1/s1. The van der Waals surface area contributed by atoms with E-state index in [4.69, 9.17) is 0 Å². The summed E-state index contributed by atoms with van der Waals surface area (Å²) in [5, 5.41) is 2.41. The number of carbonyl (C=O) groups is 1. The molecule has 122 valence electrons. The van der Waals surface area contributed by atoms with Crippen molar-refractivity contribution in [1.82, 2.24) is 9.88 Å². The third-order valence-electron chi connectivity index (χ3n) is 3.22. The van der Waals surface area contributed by atoms with E-state index in [1.165, 1.54) is 0 Å². The van der Waals surface area contributed by atoms with Crippen molar-refractivity contribution < 1.29 is 26.4 Å². The molecule has 10 heteroatoms. The van der Waals surface area contributed by atoms with Gasteiger partial charge in [-0.1, -0.05) is 0 Å². The van der Waals surface area contributed by atoms with Crippen LogP contribution in [0, 0.1) is 0 Å². The van der Waals surface area contributed by atoms with Gasteiger partial charge in [0.2, 0.25) is 5.91 Å². The van der Waals surface area contributed by atoms with Gasteiger partial charge in [0, 0.05) is 18.3 Å².